The molecule has 1 aliphatic rings. The average molecular weight is 436 g/mol. The molecule has 31 heavy (non-hydrogen) atoms. The minimum atomic E-state index is -0.369. The first kappa shape index (κ1) is 20.7. The smallest absolute Gasteiger partial charge is 0.234 e. The molecule has 0 unspecified atom stereocenters. The lowest BCUT2D eigenvalue weighted by Gasteiger charge is -2.27. The Kier molecular flexibility index (Phi) is 6.37. The Morgan fingerprint density at radius 2 is 1.58 bits per heavy atom. The summed E-state index contributed by atoms with van der Waals surface area (Å²) in [7, 11) is 0. The molecule has 4 rings (SSSR count). The van der Waals surface area contributed by atoms with Crippen molar-refractivity contribution in [2.24, 2.45) is 9.98 Å². The Balaban J connectivity index is 1.52. The summed E-state index contributed by atoms with van der Waals surface area (Å²) >= 11 is 1.25. The van der Waals surface area contributed by atoms with Gasteiger partial charge < -0.3 is 10.2 Å². The summed E-state index contributed by atoms with van der Waals surface area (Å²) < 4.78 is 26.4. The van der Waals surface area contributed by atoms with Gasteiger partial charge in [-0.15, -0.1) is 0 Å². The number of amidine groups is 2. The molecule has 0 aliphatic carbocycles. The molecule has 0 spiro atoms. The minimum absolute atomic E-state index is 0.0932. The number of aliphatic imine (C=N–C) groups is 2. The second-order valence-electron chi connectivity index (χ2n) is 6.63. The molecule has 5 nitrogen and oxygen atoms in total. The summed E-state index contributed by atoms with van der Waals surface area (Å²) in [5, 5.41) is 3.31. The van der Waals surface area contributed by atoms with Crippen molar-refractivity contribution in [3.8, 4) is 0 Å². The number of anilines is 2. The largest absolute Gasteiger partial charge is 0.325 e. The molecule has 3 aromatic rings. The van der Waals surface area contributed by atoms with Gasteiger partial charge in [-0.05, 0) is 48.5 Å². The number of benzene rings is 3. The third-order valence-corrected chi connectivity index (χ3v) is 5.40. The van der Waals surface area contributed by atoms with Gasteiger partial charge >= 0.3 is 0 Å². The first-order valence-electron chi connectivity index (χ1n) is 9.48. The number of carbonyl (C=O) groups excluding carboxylic acids is 1. The van der Waals surface area contributed by atoms with Crippen molar-refractivity contribution in [1.82, 2.24) is 0 Å². The molecular weight excluding hydrogens is 418 g/mol. The van der Waals surface area contributed by atoms with Gasteiger partial charge in [0, 0.05) is 16.9 Å². The van der Waals surface area contributed by atoms with E-state index in [-0.39, 0.29) is 23.3 Å². The highest BCUT2D eigenvalue weighted by molar-refractivity contribution is 8.14. The third-order valence-electron chi connectivity index (χ3n) is 4.42. The molecule has 1 heterocycles. The number of amides is 1. The number of carbonyl (C=O) groups is 1. The highest BCUT2D eigenvalue weighted by Gasteiger charge is 2.21. The van der Waals surface area contributed by atoms with E-state index in [1.807, 2.05) is 35.2 Å². The average Bonchev–Trinajstić information content (AvgIpc) is 2.80. The SMILES string of the molecule is O=C(CSC1=NC(c2ccccc2)=NCN1c1ccc(F)cc1)Nc1ccc(F)cc1. The highest BCUT2D eigenvalue weighted by Crippen LogP contribution is 2.24. The van der Waals surface area contributed by atoms with Gasteiger partial charge in [0.1, 0.15) is 18.3 Å². The van der Waals surface area contributed by atoms with Gasteiger partial charge in [0.15, 0.2) is 11.0 Å². The van der Waals surface area contributed by atoms with Crippen LogP contribution in [-0.2, 0) is 4.79 Å². The van der Waals surface area contributed by atoms with E-state index in [1.54, 1.807) is 12.1 Å². The summed E-state index contributed by atoms with van der Waals surface area (Å²) in [6.45, 7) is 0.293. The monoisotopic (exact) mass is 436 g/mol. The van der Waals surface area contributed by atoms with Gasteiger partial charge in [-0.25, -0.2) is 18.8 Å². The number of thioether (sulfide) groups is 1. The Morgan fingerprint density at radius 3 is 2.26 bits per heavy atom. The third kappa shape index (κ3) is 5.35. The Labute approximate surface area is 182 Å². The first-order chi connectivity index (χ1) is 15.1. The van der Waals surface area contributed by atoms with Gasteiger partial charge in [-0.1, -0.05) is 42.1 Å². The predicted molar refractivity (Wildman–Crippen MR) is 122 cm³/mol. The number of halogens is 2. The van der Waals surface area contributed by atoms with E-state index in [1.165, 1.54) is 48.2 Å². The van der Waals surface area contributed by atoms with E-state index in [0.29, 0.717) is 23.4 Å². The van der Waals surface area contributed by atoms with Crippen molar-refractivity contribution in [2.45, 2.75) is 0 Å². The van der Waals surface area contributed by atoms with Crippen molar-refractivity contribution >= 4 is 40.0 Å². The van der Waals surface area contributed by atoms with Crippen LogP contribution in [0.4, 0.5) is 20.2 Å². The van der Waals surface area contributed by atoms with Crippen molar-refractivity contribution in [2.75, 3.05) is 22.6 Å². The molecular formula is C23H18F2N4OS. The molecule has 1 N–H and O–H groups in total. The number of rotatable bonds is 5. The van der Waals surface area contributed by atoms with Crippen LogP contribution < -0.4 is 10.2 Å². The second kappa shape index (κ2) is 9.53. The van der Waals surface area contributed by atoms with Crippen LogP contribution in [0, 0.1) is 11.6 Å². The van der Waals surface area contributed by atoms with Crippen molar-refractivity contribution in [3.63, 3.8) is 0 Å². The molecule has 1 amide bonds. The van der Waals surface area contributed by atoms with Crippen molar-refractivity contribution < 1.29 is 13.6 Å². The van der Waals surface area contributed by atoms with Crippen molar-refractivity contribution in [1.29, 1.82) is 0 Å². The summed E-state index contributed by atoms with van der Waals surface area (Å²) in [6.07, 6.45) is 0. The fourth-order valence-electron chi connectivity index (χ4n) is 2.91. The normalized spacial score (nSPS) is 13.4. The van der Waals surface area contributed by atoms with Crippen LogP contribution in [0.15, 0.2) is 88.8 Å². The Hall–Kier alpha value is -3.52. The maximum Gasteiger partial charge on any atom is 0.234 e. The number of nitrogens with zero attached hydrogens (tertiary/aromatic N) is 3. The maximum atomic E-state index is 13.4. The molecule has 3 aromatic carbocycles. The van der Waals surface area contributed by atoms with Crippen LogP contribution in [0.5, 0.6) is 0 Å². The summed E-state index contributed by atoms with van der Waals surface area (Å²) in [4.78, 5) is 23.4. The van der Waals surface area contributed by atoms with E-state index in [4.69, 9.17) is 0 Å². The number of hydrogen-bond acceptors (Lipinski definition) is 5. The fourth-order valence-corrected chi connectivity index (χ4v) is 3.71. The van der Waals surface area contributed by atoms with Gasteiger partial charge in [-0.3, -0.25) is 4.79 Å². The Bertz CT molecular complexity index is 1120. The van der Waals surface area contributed by atoms with E-state index in [2.05, 4.69) is 15.3 Å². The quantitative estimate of drug-likeness (QED) is 0.618. The zero-order valence-electron chi connectivity index (χ0n) is 16.3. The molecule has 0 fully saturated rings. The summed E-state index contributed by atoms with van der Waals surface area (Å²) in [5.74, 6) is -0.288. The lowest BCUT2D eigenvalue weighted by atomic mass is 10.2. The number of nitrogens with one attached hydrogen (secondary N) is 1. The van der Waals surface area contributed by atoms with Crippen LogP contribution in [-0.4, -0.2) is 29.3 Å². The molecule has 0 aromatic heterocycles. The molecule has 8 heteroatoms. The van der Waals surface area contributed by atoms with Gasteiger partial charge in [0.2, 0.25) is 5.91 Å². The highest BCUT2D eigenvalue weighted by atomic mass is 32.2. The maximum absolute atomic E-state index is 13.4. The van der Waals surface area contributed by atoms with Crippen LogP contribution in [0.3, 0.4) is 0 Å². The van der Waals surface area contributed by atoms with Gasteiger partial charge in [0.25, 0.3) is 0 Å². The topological polar surface area (TPSA) is 57.1 Å². The molecule has 156 valence electrons. The predicted octanol–water partition coefficient (Wildman–Crippen LogP) is 4.92. The molecule has 0 bridgehead atoms. The van der Waals surface area contributed by atoms with E-state index < -0.39 is 0 Å². The van der Waals surface area contributed by atoms with Crippen LogP contribution in [0.1, 0.15) is 5.56 Å². The summed E-state index contributed by atoms with van der Waals surface area (Å²) in [6, 6.07) is 21.2. The van der Waals surface area contributed by atoms with Gasteiger partial charge in [0.05, 0.1) is 5.75 Å². The second-order valence-corrected chi connectivity index (χ2v) is 7.57. The molecule has 1 aliphatic heterocycles. The van der Waals surface area contributed by atoms with Gasteiger partial charge in [-0.2, -0.15) is 0 Å². The van der Waals surface area contributed by atoms with E-state index >= 15 is 0 Å². The molecule has 0 radical (unpaired) electrons. The van der Waals surface area contributed by atoms with E-state index in [0.717, 1.165) is 11.3 Å². The lowest BCUT2D eigenvalue weighted by molar-refractivity contribution is -0.113. The lowest BCUT2D eigenvalue weighted by Crippen LogP contribution is -2.34. The molecule has 0 atom stereocenters. The zero-order valence-corrected chi connectivity index (χ0v) is 17.2. The Morgan fingerprint density at radius 1 is 0.935 bits per heavy atom. The standard InChI is InChI=1S/C23H18F2N4OS/c24-17-6-10-19(11-7-17)27-21(30)14-31-23-28-22(16-4-2-1-3-5-16)26-15-29(23)20-12-8-18(25)9-13-20/h1-13H,14-15H2,(H,27,30). The minimum Gasteiger partial charge on any atom is -0.325 e. The van der Waals surface area contributed by atoms with Crippen molar-refractivity contribution in [3.05, 3.63) is 96.1 Å². The van der Waals surface area contributed by atoms with Crippen LogP contribution >= 0.6 is 11.8 Å². The molecule has 0 saturated heterocycles. The first-order valence-corrected chi connectivity index (χ1v) is 10.5. The van der Waals surface area contributed by atoms with E-state index in [9.17, 15) is 13.6 Å². The zero-order chi connectivity index (χ0) is 21.6. The summed E-state index contributed by atoms with van der Waals surface area (Å²) in [5.41, 5.74) is 2.11. The number of hydrogen-bond donors (Lipinski definition) is 1. The van der Waals surface area contributed by atoms with Crippen LogP contribution in [0.25, 0.3) is 0 Å². The fraction of sp³-hybridized carbons (Fsp3) is 0.0870. The van der Waals surface area contributed by atoms with Crippen LogP contribution in [0.2, 0.25) is 0 Å². The molecule has 0 saturated carbocycles.